The third-order valence-corrected chi connectivity index (χ3v) is 5.80. The first-order valence-electron chi connectivity index (χ1n) is 12.5. The van der Waals surface area contributed by atoms with E-state index in [1.165, 1.54) is 57.8 Å². The second-order valence-electron chi connectivity index (χ2n) is 8.55. The van der Waals surface area contributed by atoms with Crippen LogP contribution in [0.5, 0.6) is 5.75 Å². The van der Waals surface area contributed by atoms with Crippen molar-refractivity contribution in [1.29, 1.82) is 0 Å². The SMILES string of the molecule is CCCCCCCCCCCCCC(=O)N/N=C/c1ccc(OC(=O)c2cccc(Cl)c2)cc1. The Morgan fingerprint density at radius 3 is 2.12 bits per heavy atom. The van der Waals surface area contributed by atoms with E-state index >= 15 is 0 Å². The van der Waals surface area contributed by atoms with Crippen molar-refractivity contribution < 1.29 is 14.3 Å². The normalized spacial score (nSPS) is 11.0. The summed E-state index contributed by atoms with van der Waals surface area (Å²) in [7, 11) is 0. The van der Waals surface area contributed by atoms with Crippen molar-refractivity contribution in [2.75, 3.05) is 0 Å². The fourth-order valence-corrected chi connectivity index (χ4v) is 3.78. The number of nitrogens with zero attached hydrogens (tertiary/aromatic N) is 1. The molecule has 6 heteroatoms. The lowest BCUT2D eigenvalue weighted by atomic mass is 10.1. The van der Waals surface area contributed by atoms with Crippen LogP contribution in [0.3, 0.4) is 0 Å². The summed E-state index contributed by atoms with van der Waals surface area (Å²) in [6.07, 6.45) is 15.9. The molecule has 184 valence electrons. The molecule has 0 fully saturated rings. The molecule has 5 nitrogen and oxygen atoms in total. The van der Waals surface area contributed by atoms with Gasteiger partial charge in [-0.05, 0) is 54.4 Å². The lowest BCUT2D eigenvalue weighted by Gasteiger charge is -2.05. The Hall–Kier alpha value is -2.66. The van der Waals surface area contributed by atoms with Crippen LogP contribution in [0.1, 0.15) is 99.9 Å². The molecule has 2 rings (SSSR count). The molecule has 1 N–H and O–H groups in total. The van der Waals surface area contributed by atoms with Crippen molar-refractivity contribution in [2.45, 2.75) is 84.0 Å². The number of hydrogen-bond donors (Lipinski definition) is 1. The predicted octanol–water partition coefficient (Wildman–Crippen LogP) is 7.71. The smallest absolute Gasteiger partial charge is 0.343 e. The quantitative estimate of drug-likeness (QED) is 0.0871. The van der Waals surface area contributed by atoms with Gasteiger partial charge in [-0.3, -0.25) is 4.79 Å². The molecule has 0 bridgehead atoms. The number of esters is 1. The first kappa shape index (κ1) is 27.6. The number of hydrazone groups is 1. The molecule has 0 aliphatic heterocycles. The van der Waals surface area contributed by atoms with Crippen LogP contribution in [0.4, 0.5) is 0 Å². The Balaban J connectivity index is 1.56. The summed E-state index contributed by atoms with van der Waals surface area (Å²) >= 11 is 5.91. The van der Waals surface area contributed by atoms with E-state index in [4.69, 9.17) is 16.3 Å². The molecule has 0 heterocycles. The third kappa shape index (κ3) is 12.0. The molecule has 0 radical (unpaired) electrons. The summed E-state index contributed by atoms with van der Waals surface area (Å²) in [5.41, 5.74) is 3.75. The molecule has 2 aromatic rings. The number of rotatable bonds is 16. The Morgan fingerprint density at radius 2 is 1.50 bits per heavy atom. The van der Waals surface area contributed by atoms with Crippen LogP contribution in [0.15, 0.2) is 53.6 Å². The number of benzene rings is 2. The number of carbonyl (C=O) groups is 2. The van der Waals surface area contributed by atoms with Crippen molar-refractivity contribution >= 4 is 29.7 Å². The van der Waals surface area contributed by atoms with Crippen molar-refractivity contribution in [3.8, 4) is 5.75 Å². The van der Waals surface area contributed by atoms with Crippen LogP contribution < -0.4 is 10.2 Å². The number of amides is 1. The second-order valence-corrected chi connectivity index (χ2v) is 8.98. The van der Waals surface area contributed by atoms with Crippen LogP contribution in [0, 0.1) is 0 Å². The van der Waals surface area contributed by atoms with Crippen molar-refractivity contribution in [2.24, 2.45) is 5.10 Å². The highest BCUT2D eigenvalue weighted by Crippen LogP contribution is 2.16. The number of carbonyl (C=O) groups excluding carboxylic acids is 2. The highest BCUT2D eigenvalue weighted by molar-refractivity contribution is 6.30. The molecule has 34 heavy (non-hydrogen) atoms. The van der Waals surface area contributed by atoms with E-state index in [0.29, 0.717) is 22.8 Å². The van der Waals surface area contributed by atoms with Gasteiger partial charge >= 0.3 is 5.97 Å². The first-order chi connectivity index (χ1) is 16.6. The van der Waals surface area contributed by atoms with Gasteiger partial charge < -0.3 is 4.74 Å². The molecule has 1 amide bonds. The van der Waals surface area contributed by atoms with Crippen LogP contribution >= 0.6 is 11.6 Å². The Kier molecular flexibility index (Phi) is 13.7. The molecule has 0 unspecified atom stereocenters. The van der Waals surface area contributed by atoms with Crippen molar-refractivity contribution in [3.63, 3.8) is 0 Å². The van der Waals surface area contributed by atoms with Crippen LogP contribution in [0.25, 0.3) is 0 Å². The highest BCUT2D eigenvalue weighted by atomic mass is 35.5. The summed E-state index contributed by atoms with van der Waals surface area (Å²) < 4.78 is 5.35. The van der Waals surface area contributed by atoms with E-state index in [9.17, 15) is 9.59 Å². The van der Waals surface area contributed by atoms with E-state index in [-0.39, 0.29) is 5.91 Å². The molecular weight excluding hydrogens is 448 g/mol. The van der Waals surface area contributed by atoms with Gasteiger partial charge in [-0.15, -0.1) is 0 Å². The molecule has 0 saturated carbocycles. The summed E-state index contributed by atoms with van der Waals surface area (Å²) in [6, 6.07) is 13.5. The zero-order valence-electron chi connectivity index (χ0n) is 20.2. The predicted molar refractivity (Wildman–Crippen MR) is 140 cm³/mol. The number of unbranched alkanes of at least 4 members (excludes halogenated alkanes) is 10. The summed E-state index contributed by atoms with van der Waals surface area (Å²) in [6.45, 7) is 2.25. The topological polar surface area (TPSA) is 67.8 Å². The molecule has 0 spiro atoms. The first-order valence-corrected chi connectivity index (χ1v) is 12.9. The lowest BCUT2D eigenvalue weighted by molar-refractivity contribution is -0.121. The Labute approximate surface area is 208 Å². The average molecular weight is 485 g/mol. The molecule has 0 aromatic heterocycles. The van der Waals surface area contributed by atoms with Gasteiger partial charge in [0, 0.05) is 11.4 Å². The third-order valence-electron chi connectivity index (χ3n) is 5.56. The Morgan fingerprint density at radius 1 is 0.882 bits per heavy atom. The maximum absolute atomic E-state index is 12.2. The van der Waals surface area contributed by atoms with E-state index in [0.717, 1.165) is 18.4 Å². The molecule has 0 saturated heterocycles. The average Bonchev–Trinajstić information content (AvgIpc) is 2.83. The van der Waals surface area contributed by atoms with Gasteiger partial charge in [0.05, 0.1) is 11.8 Å². The van der Waals surface area contributed by atoms with Crippen molar-refractivity contribution in [3.05, 3.63) is 64.7 Å². The lowest BCUT2D eigenvalue weighted by Crippen LogP contribution is -2.16. The van der Waals surface area contributed by atoms with E-state index in [1.54, 1.807) is 54.7 Å². The second kappa shape index (κ2) is 16.9. The van der Waals surface area contributed by atoms with E-state index in [1.807, 2.05) is 0 Å². The minimum atomic E-state index is -0.474. The van der Waals surface area contributed by atoms with Crippen LogP contribution in [-0.2, 0) is 4.79 Å². The summed E-state index contributed by atoms with van der Waals surface area (Å²) in [5.74, 6) is -0.125. The fourth-order valence-electron chi connectivity index (χ4n) is 3.59. The molecule has 0 aliphatic carbocycles. The molecular formula is C28H37ClN2O3. The highest BCUT2D eigenvalue weighted by Gasteiger charge is 2.08. The summed E-state index contributed by atoms with van der Waals surface area (Å²) in [5, 5.41) is 4.49. The zero-order valence-corrected chi connectivity index (χ0v) is 21.0. The van der Waals surface area contributed by atoms with Gasteiger partial charge in [-0.25, -0.2) is 10.2 Å². The van der Waals surface area contributed by atoms with Gasteiger partial charge in [0.2, 0.25) is 5.91 Å². The number of hydrogen-bond acceptors (Lipinski definition) is 4. The minimum Gasteiger partial charge on any atom is -0.423 e. The van der Waals surface area contributed by atoms with E-state index in [2.05, 4.69) is 17.5 Å². The number of halogens is 1. The maximum atomic E-state index is 12.2. The molecule has 0 atom stereocenters. The van der Waals surface area contributed by atoms with Crippen LogP contribution in [-0.4, -0.2) is 18.1 Å². The standard InChI is InChI=1S/C28H37ClN2O3/c1-2-3-4-5-6-7-8-9-10-11-12-16-27(32)31-30-22-23-17-19-26(20-18-23)34-28(33)24-14-13-15-25(29)21-24/h13-15,17-22H,2-12,16H2,1H3,(H,31,32)/b30-22+. The monoisotopic (exact) mass is 484 g/mol. The number of ether oxygens (including phenoxy) is 1. The van der Waals surface area contributed by atoms with Crippen molar-refractivity contribution in [1.82, 2.24) is 5.43 Å². The van der Waals surface area contributed by atoms with Gasteiger partial charge in [0.25, 0.3) is 0 Å². The van der Waals surface area contributed by atoms with Crippen LogP contribution in [0.2, 0.25) is 5.02 Å². The van der Waals surface area contributed by atoms with E-state index < -0.39 is 5.97 Å². The van der Waals surface area contributed by atoms with Gasteiger partial charge in [0.1, 0.15) is 5.75 Å². The zero-order chi connectivity index (χ0) is 24.4. The minimum absolute atomic E-state index is 0.0701. The molecule has 0 aliphatic rings. The maximum Gasteiger partial charge on any atom is 0.343 e. The fraction of sp³-hybridized carbons (Fsp3) is 0.464. The van der Waals surface area contributed by atoms with Gasteiger partial charge in [-0.1, -0.05) is 88.8 Å². The van der Waals surface area contributed by atoms with Gasteiger partial charge in [-0.2, -0.15) is 5.10 Å². The number of nitrogens with one attached hydrogen (secondary N) is 1. The summed E-state index contributed by atoms with van der Waals surface area (Å²) in [4.78, 5) is 24.1. The largest absolute Gasteiger partial charge is 0.423 e. The molecule has 2 aromatic carbocycles. The van der Waals surface area contributed by atoms with Gasteiger partial charge in [0.15, 0.2) is 0 Å². The Bertz CT molecular complexity index is 897.